The van der Waals surface area contributed by atoms with Crippen LogP contribution in [-0.4, -0.2) is 18.4 Å². The number of nitrogens with zero attached hydrogens (tertiary/aromatic N) is 1. The van der Waals surface area contributed by atoms with Gasteiger partial charge in [-0.25, -0.2) is 18.5 Å². The number of primary sulfonamides is 1. The highest BCUT2D eigenvalue weighted by Crippen LogP contribution is 2.34. The Kier molecular flexibility index (Phi) is 5.47. The molecule has 0 amide bonds. The van der Waals surface area contributed by atoms with Gasteiger partial charge in [-0.05, 0) is 29.8 Å². The molecule has 0 aliphatic carbocycles. The van der Waals surface area contributed by atoms with Gasteiger partial charge in [-0.15, -0.1) is 0 Å². The quantitative estimate of drug-likeness (QED) is 0.450. The lowest BCUT2D eigenvalue weighted by molar-refractivity contribution is 0.598. The number of nitrogens with two attached hydrogens (primary N) is 1. The molecule has 4 aromatic rings. The molecule has 3 N–H and O–H groups in total. The molecule has 0 saturated heterocycles. The van der Waals surface area contributed by atoms with E-state index in [4.69, 9.17) is 21.7 Å². The molecule has 5 nitrogen and oxygen atoms in total. The van der Waals surface area contributed by atoms with E-state index >= 15 is 0 Å². The van der Waals surface area contributed by atoms with Crippen LogP contribution in [0.25, 0.3) is 22.5 Å². The zero-order valence-electron chi connectivity index (χ0n) is 16.2. The summed E-state index contributed by atoms with van der Waals surface area (Å²) in [6.07, 6.45) is 0. The molecule has 1 unspecified atom stereocenters. The first-order valence-electron chi connectivity index (χ1n) is 9.37. The van der Waals surface area contributed by atoms with Crippen LogP contribution in [0.15, 0.2) is 83.8 Å². The first-order valence-corrected chi connectivity index (χ1v) is 11.3. The smallest absolute Gasteiger partial charge is 0.238 e. The van der Waals surface area contributed by atoms with Gasteiger partial charge in [0.1, 0.15) is 5.82 Å². The Labute approximate surface area is 180 Å². The highest BCUT2D eigenvalue weighted by atomic mass is 35.5. The van der Waals surface area contributed by atoms with Crippen LogP contribution in [0.1, 0.15) is 24.2 Å². The van der Waals surface area contributed by atoms with Crippen LogP contribution in [0.4, 0.5) is 0 Å². The molecule has 0 bridgehead atoms. The maximum absolute atomic E-state index is 11.6. The predicted molar refractivity (Wildman–Crippen MR) is 120 cm³/mol. The van der Waals surface area contributed by atoms with Crippen LogP contribution in [0, 0.1) is 0 Å². The lowest BCUT2D eigenvalue weighted by atomic mass is 10.0. The van der Waals surface area contributed by atoms with Crippen molar-refractivity contribution in [3.8, 4) is 22.5 Å². The molecule has 0 radical (unpaired) electrons. The number of nitrogens with one attached hydrogen (secondary N) is 1. The molecule has 0 aliphatic rings. The summed E-state index contributed by atoms with van der Waals surface area (Å²) in [5.74, 6) is 0.867. The molecule has 0 fully saturated rings. The lowest BCUT2D eigenvalue weighted by Crippen LogP contribution is -2.11. The van der Waals surface area contributed by atoms with E-state index in [1.54, 1.807) is 12.1 Å². The van der Waals surface area contributed by atoms with Crippen molar-refractivity contribution in [2.75, 3.05) is 0 Å². The number of benzene rings is 3. The molecule has 0 aliphatic heterocycles. The summed E-state index contributed by atoms with van der Waals surface area (Å²) in [6, 6.07) is 24.0. The molecular formula is C23H20ClN3O2S. The second-order valence-electron chi connectivity index (χ2n) is 7.05. The van der Waals surface area contributed by atoms with Crippen molar-refractivity contribution >= 4 is 21.6 Å². The molecule has 1 aromatic heterocycles. The molecule has 1 atom stereocenters. The summed E-state index contributed by atoms with van der Waals surface area (Å²) < 4.78 is 23.2. The third kappa shape index (κ3) is 4.16. The summed E-state index contributed by atoms with van der Waals surface area (Å²) in [7, 11) is -3.75. The molecule has 0 saturated carbocycles. The summed E-state index contributed by atoms with van der Waals surface area (Å²) in [6.45, 7) is 2.09. The van der Waals surface area contributed by atoms with Gasteiger partial charge in [0, 0.05) is 22.1 Å². The van der Waals surface area contributed by atoms with Gasteiger partial charge in [0.2, 0.25) is 10.0 Å². The number of hydrogen-bond donors (Lipinski definition) is 2. The van der Waals surface area contributed by atoms with Crippen LogP contribution < -0.4 is 5.14 Å². The van der Waals surface area contributed by atoms with E-state index in [1.165, 1.54) is 12.1 Å². The summed E-state index contributed by atoms with van der Waals surface area (Å²) >= 11 is 6.05. The molecule has 7 heteroatoms. The largest absolute Gasteiger partial charge is 0.341 e. The van der Waals surface area contributed by atoms with Crippen LogP contribution >= 0.6 is 11.6 Å². The van der Waals surface area contributed by atoms with E-state index in [-0.39, 0.29) is 10.8 Å². The Balaban J connectivity index is 1.83. The number of imidazole rings is 1. The number of hydrogen-bond acceptors (Lipinski definition) is 3. The highest BCUT2D eigenvalue weighted by Gasteiger charge is 2.19. The molecule has 152 valence electrons. The fourth-order valence-electron chi connectivity index (χ4n) is 3.33. The Morgan fingerprint density at radius 1 is 0.900 bits per heavy atom. The Morgan fingerprint density at radius 3 is 2.10 bits per heavy atom. The minimum atomic E-state index is -3.75. The molecular weight excluding hydrogens is 418 g/mol. The van der Waals surface area contributed by atoms with E-state index in [0.29, 0.717) is 5.02 Å². The average molecular weight is 438 g/mol. The van der Waals surface area contributed by atoms with Crippen LogP contribution in [-0.2, 0) is 10.0 Å². The fraction of sp³-hybridized carbons (Fsp3) is 0.0870. The zero-order valence-corrected chi connectivity index (χ0v) is 17.8. The number of H-pyrrole nitrogens is 1. The van der Waals surface area contributed by atoms with Gasteiger partial charge in [-0.2, -0.15) is 0 Å². The SMILES string of the molecule is CC(c1ccccc1)c1nc(-c2ccc(Cl)cc2)c(-c2ccc(S(N)(=O)=O)cc2)[nH]1. The standard InChI is InChI=1S/C23H20ClN3O2S/c1-15(16-5-3-2-4-6-16)23-26-21(17-7-11-19(24)12-8-17)22(27-23)18-9-13-20(14-10-18)30(25,28)29/h2-15H,1H3,(H,26,27)(H2,25,28,29). The van der Waals surface area contributed by atoms with Crippen LogP contribution in [0.3, 0.4) is 0 Å². The van der Waals surface area contributed by atoms with Gasteiger partial charge in [0.25, 0.3) is 0 Å². The van der Waals surface area contributed by atoms with Gasteiger partial charge in [0.15, 0.2) is 0 Å². The van der Waals surface area contributed by atoms with Gasteiger partial charge in [-0.3, -0.25) is 0 Å². The number of rotatable bonds is 5. The monoisotopic (exact) mass is 437 g/mol. The first kappa shape index (κ1) is 20.3. The molecule has 4 rings (SSSR count). The van der Waals surface area contributed by atoms with E-state index < -0.39 is 10.0 Å². The van der Waals surface area contributed by atoms with Crippen molar-refractivity contribution < 1.29 is 8.42 Å². The fourth-order valence-corrected chi connectivity index (χ4v) is 3.97. The van der Waals surface area contributed by atoms with Crippen molar-refractivity contribution in [1.29, 1.82) is 0 Å². The minimum Gasteiger partial charge on any atom is -0.341 e. The number of halogens is 1. The second kappa shape index (κ2) is 8.07. The summed E-state index contributed by atoms with van der Waals surface area (Å²) in [5, 5.41) is 5.87. The topological polar surface area (TPSA) is 88.8 Å². The highest BCUT2D eigenvalue weighted by molar-refractivity contribution is 7.89. The Hall–Kier alpha value is -2.93. The molecule has 1 heterocycles. The van der Waals surface area contributed by atoms with Crippen LogP contribution in [0.2, 0.25) is 5.02 Å². The normalized spacial score (nSPS) is 12.6. The molecule has 0 spiro atoms. The van der Waals surface area contributed by atoms with Gasteiger partial charge >= 0.3 is 0 Å². The second-order valence-corrected chi connectivity index (χ2v) is 9.05. The zero-order chi connectivity index (χ0) is 21.3. The number of sulfonamides is 1. The third-order valence-electron chi connectivity index (χ3n) is 5.02. The number of aromatic nitrogens is 2. The van der Waals surface area contributed by atoms with Crippen LogP contribution in [0.5, 0.6) is 0 Å². The lowest BCUT2D eigenvalue weighted by Gasteiger charge is -2.08. The van der Waals surface area contributed by atoms with Crippen molar-refractivity contribution in [2.24, 2.45) is 5.14 Å². The maximum Gasteiger partial charge on any atom is 0.238 e. The number of aromatic amines is 1. The van der Waals surface area contributed by atoms with Crippen molar-refractivity contribution in [3.05, 3.63) is 95.3 Å². The maximum atomic E-state index is 11.6. The van der Waals surface area contributed by atoms with Gasteiger partial charge in [-0.1, -0.05) is 73.1 Å². The van der Waals surface area contributed by atoms with Crippen molar-refractivity contribution in [2.45, 2.75) is 17.7 Å². The summed E-state index contributed by atoms with van der Waals surface area (Å²) in [4.78, 5) is 8.40. The van der Waals surface area contributed by atoms with Gasteiger partial charge < -0.3 is 4.98 Å². The minimum absolute atomic E-state index is 0.0506. The van der Waals surface area contributed by atoms with E-state index in [1.807, 2.05) is 42.5 Å². The summed E-state index contributed by atoms with van der Waals surface area (Å²) in [5.41, 5.74) is 4.44. The third-order valence-corrected chi connectivity index (χ3v) is 6.20. The van der Waals surface area contributed by atoms with Crippen molar-refractivity contribution in [1.82, 2.24) is 9.97 Å². The average Bonchev–Trinajstić information content (AvgIpc) is 3.19. The van der Waals surface area contributed by atoms with Crippen molar-refractivity contribution in [3.63, 3.8) is 0 Å². The van der Waals surface area contributed by atoms with E-state index in [0.717, 1.165) is 33.9 Å². The van der Waals surface area contributed by atoms with E-state index in [9.17, 15) is 8.42 Å². The first-order chi connectivity index (χ1) is 14.3. The van der Waals surface area contributed by atoms with Gasteiger partial charge in [0.05, 0.1) is 16.3 Å². The Morgan fingerprint density at radius 2 is 1.50 bits per heavy atom. The Bertz CT molecular complexity index is 1270. The predicted octanol–water partition coefficient (Wildman–Crippen LogP) is 5.20. The van der Waals surface area contributed by atoms with E-state index in [2.05, 4.69) is 24.0 Å². The molecule has 3 aromatic carbocycles. The molecule has 30 heavy (non-hydrogen) atoms.